The van der Waals surface area contributed by atoms with Crippen molar-refractivity contribution in [1.82, 2.24) is 5.32 Å². The van der Waals surface area contributed by atoms with E-state index in [1.807, 2.05) is 0 Å². The van der Waals surface area contributed by atoms with Crippen molar-refractivity contribution >= 4 is 23.5 Å². The zero-order chi connectivity index (χ0) is 9.14. The topological polar surface area (TPSA) is 46.2 Å². The summed E-state index contributed by atoms with van der Waals surface area (Å²) in [6.07, 6.45) is 0. The molecule has 0 aromatic rings. The second-order valence-corrected chi connectivity index (χ2v) is 3.57. The van der Waals surface area contributed by atoms with Crippen molar-refractivity contribution in [2.45, 2.75) is 6.92 Å². The van der Waals surface area contributed by atoms with Gasteiger partial charge in [-0.25, -0.2) is 0 Å². The van der Waals surface area contributed by atoms with Crippen molar-refractivity contribution in [3.8, 4) is 0 Å². The Morgan fingerprint density at radius 3 is 2.42 bits per heavy atom. The molecule has 0 aliphatic carbocycles. The van der Waals surface area contributed by atoms with Crippen LogP contribution in [0.2, 0.25) is 0 Å². The lowest BCUT2D eigenvalue weighted by Gasteiger charge is -2.00. The van der Waals surface area contributed by atoms with Gasteiger partial charge >= 0.3 is 0 Å². The number of likely N-dealkylation sites (N-methyl/N-ethyl adjacent to an activating group) is 1. The summed E-state index contributed by atoms with van der Waals surface area (Å²) in [4.78, 5) is 22.2. The first-order chi connectivity index (χ1) is 5.66. The lowest BCUT2D eigenvalue weighted by Crippen LogP contribution is -2.22. The zero-order valence-electron chi connectivity index (χ0n) is 7.14. The number of thioether (sulfide) groups is 1. The van der Waals surface area contributed by atoms with Crippen molar-refractivity contribution in [3.05, 3.63) is 11.1 Å². The fourth-order valence-electron chi connectivity index (χ4n) is 1.10. The molecule has 0 saturated heterocycles. The number of amides is 1. The fraction of sp³-hybridized carbons (Fsp3) is 0.500. The predicted octanol–water partition coefficient (Wildman–Crippen LogP) is 0.365. The number of rotatable bonds is 2. The molecule has 3 nitrogen and oxygen atoms in total. The molecule has 0 aromatic carbocycles. The van der Waals surface area contributed by atoms with Crippen LogP contribution in [0, 0.1) is 0 Å². The molecular formula is C8H11NO2S. The van der Waals surface area contributed by atoms with E-state index in [4.69, 9.17) is 0 Å². The standard InChI is InChI=1S/C8H11NO2S/c1-5(10)6-3-12-4-7(6)8(11)9-2/h3-4H2,1-2H3,(H,9,11). The van der Waals surface area contributed by atoms with Crippen LogP contribution in [0.5, 0.6) is 0 Å². The van der Waals surface area contributed by atoms with Gasteiger partial charge in [0.15, 0.2) is 5.78 Å². The molecule has 1 heterocycles. The summed E-state index contributed by atoms with van der Waals surface area (Å²) in [7, 11) is 1.58. The Morgan fingerprint density at radius 1 is 1.33 bits per heavy atom. The number of nitrogens with one attached hydrogen (secondary N) is 1. The van der Waals surface area contributed by atoms with Crippen LogP contribution >= 0.6 is 11.8 Å². The van der Waals surface area contributed by atoms with E-state index in [-0.39, 0.29) is 11.7 Å². The maximum Gasteiger partial charge on any atom is 0.248 e. The van der Waals surface area contributed by atoms with Gasteiger partial charge in [0.05, 0.1) is 0 Å². The molecular weight excluding hydrogens is 174 g/mol. The van der Waals surface area contributed by atoms with Crippen molar-refractivity contribution < 1.29 is 9.59 Å². The van der Waals surface area contributed by atoms with E-state index in [1.165, 1.54) is 6.92 Å². The van der Waals surface area contributed by atoms with Crippen LogP contribution in [0.25, 0.3) is 0 Å². The summed E-state index contributed by atoms with van der Waals surface area (Å²) < 4.78 is 0. The number of carbonyl (C=O) groups is 2. The SMILES string of the molecule is CNC(=O)C1=C(C(C)=O)CSC1. The molecule has 0 aromatic heterocycles. The minimum atomic E-state index is -0.120. The Bertz CT molecular complexity index is 258. The zero-order valence-corrected chi connectivity index (χ0v) is 7.96. The van der Waals surface area contributed by atoms with Gasteiger partial charge < -0.3 is 5.32 Å². The lowest BCUT2D eigenvalue weighted by atomic mass is 10.1. The largest absolute Gasteiger partial charge is 0.355 e. The molecule has 0 saturated carbocycles. The van der Waals surface area contributed by atoms with Crippen LogP contribution in [-0.2, 0) is 9.59 Å². The third kappa shape index (κ3) is 1.69. The summed E-state index contributed by atoms with van der Waals surface area (Å²) in [5.74, 6) is 1.23. The molecule has 0 radical (unpaired) electrons. The van der Waals surface area contributed by atoms with Gasteiger partial charge in [0.25, 0.3) is 0 Å². The second-order valence-electron chi connectivity index (χ2n) is 2.59. The molecule has 1 aliphatic heterocycles. The van der Waals surface area contributed by atoms with E-state index < -0.39 is 0 Å². The Kier molecular flexibility index (Phi) is 2.92. The maximum atomic E-state index is 11.2. The van der Waals surface area contributed by atoms with Crippen LogP contribution in [-0.4, -0.2) is 30.2 Å². The van der Waals surface area contributed by atoms with Gasteiger partial charge in [-0.3, -0.25) is 9.59 Å². The van der Waals surface area contributed by atoms with E-state index in [0.29, 0.717) is 22.7 Å². The Morgan fingerprint density at radius 2 is 1.92 bits per heavy atom. The number of hydrogen-bond donors (Lipinski definition) is 1. The molecule has 0 fully saturated rings. The van der Waals surface area contributed by atoms with Gasteiger partial charge in [-0.05, 0) is 6.92 Å². The van der Waals surface area contributed by atoms with Crippen molar-refractivity contribution in [1.29, 1.82) is 0 Å². The van der Waals surface area contributed by atoms with E-state index in [0.717, 1.165) is 0 Å². The first-order valence-electron chi connectivity index (χ1n) is 3.69. The number of hydrogen-bond acceptors (Lipinski definition) is 3. The number of carbonyl (C=O) groups excluding carboxylic acids is 2. The molecule has 0 unspecified atom stereocenters. The normalized spacial score (nSPS) is 16.5. The van der Waals surface area contributed by atoms with Crippen molar-refractivity contribution in [2.75, 3.05) is 18.6 Å². The first-order valence-corrected chi connectivity index (χ1v) is 4.85. The molecule has 0 bridgehead atoms. The molecule has 4 heteroatoms. The molecule has 1 rings (SSSR count). The highest BCUT2D eigenvalue weighted by Crippen LogP contribution is 2.24. The highest BCUT2D eigenvalue weighted by Gasteiger charge is 2.22. The van der Waals surface area contributed by atoms with Crippen LogP contribution < -0.4 is 5.32 Å². The Balaban J connectivity index is 2.91. The fourth-order valence-corrected chi connectivity index (χ4v) is 2.29. The first kappa shape index (κ1) is 9.32. The summed E-state index contributed by atoms with van der Waals surface area (Å²) in [5.41, 5.74) is 1.33. The summed E-state index contributed by atoms with van der Waals surface area (Å²) in [6, 6.07) is 0. The van der Waals surface area contributed by atoms with Crippen LogP contribution in [0.15, 0.2) is 11.1 Å². The second kappa shape index (κ2) is 3.76. The number of ketones is 1. The van der Waals surface area contributed by atoms with Gasteiger partial charge in [0.2, 0.25) is 5.91 Å². The number of Topliss-reactive ketones (excluding diaryl/α,β-unsaturated/α-hetero) is 1. The smallest absolute Gasteiger partial charge is 0.248 e. The van der Waals surface area contributed by atoms with Gasteiger partial charge in [-0.2, -0.15) is 11.8 Å². The molecule has 12 heavy (non-hydrogen) atoms. The molecule has 0 spiro atoms. The monoisotopic (exact) mass is 185 g/mol. The Hall–Kier alpha value is -0.770. The highest BCUT2D eigenvalue weighted by molar-refractivity contribution is 8.00. The van der Waals surface area contributed by atoms with Gasteiger partial charge in [0.1, 0.15) is 0 Å². The van der Waals surface area contributed by atoms with E-state index >= 15 is 0 Å². The van der Waals surface area contributed by atoms with E-state index in [1.54, 1.807) is 18.8 Å². The molecule has 66 valence electrons. The average molecular weight is 185 g/mol. The maximum absolute atomic E-state index is 11.2. The molecule has 0 atom stereocenters. The molecule has 1 N–H and O–H groups in total. The van der Waals surface area contributed by atoms with E-state index in [2.05, 4.69) is 5.32 Å². The van der Waals surface area contributed by atoms with Gasteiger partial charge in [0, 0.05) is 29.7 Å². The summed E-state index contributed by atoms with van der Waals surface area (Å²) in [6.45, 7) is 1.50. The lowest BCUT2D eigenvalue weighted by molar-refractivity contribution is -0.118. The minimum Gasteiger partial charge on any atom is -0.355 e. The Labute approximate surface area is 75.6 Å². The minimum absolute atomic E-state index is 0.0126. The van der Waals surface area contributed by atoms with Crippen molar-refractivity contribution in [3.63, 3.8) is 0 Å². The van der Waals surface area contributed by atoms with E-state index in [9.17, 15) is 9.59 Å². The third-order valence-corrected chi connectivity index (χ3v) is 2.77. The van der Waals surface area contributed by atoms with Crippen LogP contribution in [0.3, 0.4) is 0 Å². The summed E-state index contributed by atoms with van der Waals surface area (Å²) >= 11 is 1.61. The quantitative estimate of drug-likeness (QED) is 0.676. The molecule has 1 aliphatic rings. The predicted molar refractivity (Wildman–Crippen MR) is 49.1 cm³/mol. The average Bonchev–Trinajstić information content (AvgIpc) is 2.50. The summed E-state index contributed by atoms with van der Waals surface area (Å²) in [5, 5.41) is 2.53. The molecule has 1 amide bonds. The van der Waals surface area contributed by atoms with Crippen LogP contribution in [0.4, 0.5) is 0 Å². The van der Waals surface area contributed by atoms with Gasteiger partial charge in [-0.15, -0.1) is 0 Å². The van der Waals surface area contributed by atoms with Gasteiger partial charge in [-0.1, -0.05) is 0 Å². The van der Waals surface area contributed by atoms with Crippen molar-refractivity contribution in [2.24, 2.45) is 0 Å². The van der Waals surface area contributed by atoms with Crippen LogP contribution in [0.1, 0.15) is 6.92 Å². The third-order valence-electron chi connectivity index (χ3n) is 1.78. The highest BCUT2D eigenvalue weighted by atomic mass is 32.2.